The number of para-hydroxylation sites is 1. The molecule has 0 bridgehead atoms. The first-order chi connectivity index (χ1) is 17.2. The quantitative estimate of drug-likeness (QED) is 0.213. The van der Waals surface area contributed by atoms with Crippen molar-refractivity contribution in [2.24, 2.45) is 0 Å². The van der Waals surface area contributed by atoms with Crippen molar-refractivity contribution in [3.05, 3.63) is 77.1 Å². The molecule has 0 aliphatic carbocycles. The summed E-state index contributed by atoms with van der Waals surface area (Å²) in [4.78, 5) is 18.1. The van der Waals surface area contributed by atoms with Crippen LogP contribution in [0.15, 0.2) is 77.3 Å². The molecular formula is C26H26ClN5OS2. The van der Waals surface area contributed by atoms with E-state index in [1.54, 1.807) is 23.1 Å². The van der Waals surface area contributed by atoms with Crippen molar-refractivity contribution >= 4 is 46.3 Å². The van der Waals surface area contributed by atoms with Gasteiger partial charge in [0.2, 0.25) is 5.91 Å². The summed E-state index contributed by atoms with van der Waals surface area (Å²) in [6.45, 7) is 3.13. The molecule has 1 aliphatic heterocycles. The summed E-state index contributed by atoms with van der Waals surface area (Å²) in [5.41, 5.74) is 2.16. The van der Waals surface area contributed by atoms with Crippen LogP contribution in [0.1, 0.15) is 12.8 Å². The number of piperazine rings is 1. The lowest BCUT2D eigenvalue weighted by Gasteiger charge is -2.36. The average Bonchev–Trinajstić information content (AvgIpc) is 3.57. The van der Waals surface area contributed by atoms with Gasteiger partial charge in [0.25, 0.3) is 0 Å². The van der Waals surface area contributed by atoms with E-state index < -0.39 is 0 Å². The highest BCUT2D eigenvalue weighted by Crippen LogP contribution is 2.30. The maximum atomic E-state index is 12.8. The SMILES string of the molecule is O=C(CCCSc1nnc(-c2cccs2)n1-c1ccccc1)N1CCN(c2cccc(Cl)c2)CC1. The minimum Gasteiger partial charge on any atom is -0.368 e. The van der Waals surface area contributed by atoms with Crippen LogP contribution in [-0.2, 0) is 4.79 Å². The number of hydrogen-bond acceptors (Lipinski definition) is 6. The van der Waals surface area contributed by atoms with Gasteiger partial charge in [0.15, 0.2) is 11.0 Å². The number of carbonyl (C=O) groups excluding carboxylic acids is 1. The zero-order valence-corrected chi connectivity index (χ0v) is 21.6. The second-order valence-electron chi connectivity index (χ2n) is 8.25. The van der Waals surface area contributed by atoms with Gasteiger partial charge in [0.05, 0.1) is 4.88 Å². The van der Waals surface area contributed by atoms with Gasteiger partial charge in [-0.05, 0) is 48.2 Å². The van der Waals surface area contributed by atoms with E-state index in [-0.39, 0.29) is 5.91 Å². The maximum absolute atomic E-state index is 12.8. The summed E-state index contributed by atoms with van der Waals surface area (Å²) in [5, 5.41) is 12.6. The zero-order valence-electron chi connectivity index (χ0n) is 19.2. The molecule has 6 nitrogen and oxygen atoms in total. The van der Waals surface area contributed by atoms with E-state index in [1.165, 1.54) is 0 Å². The fourth-order valence-electron chi connectivity index (χ4n) is 4.17. The van der Waals surface area contributed by atoms with Gasteiger partial charge in [0, 0.05) is 54.8 Å². The molecule has 0 spiro atoms. The topological polar surface area (TPSA) is 54.3 Å². The molecule has 4 aromatic rings. The number of rotatable bonds is 8. The number of aromatic nitrogens is 3. The minimum atomic E-state index is 0.222. The number of amides is 1. The summed E-state index contributed by atoms with van der Waals surface area (Å²) < 4.78 is 2.10. The van der Waals surface area contributed by atoms with Crippen molar-refractivity contribution in [1.29, 1.82) is 0 Å². The average molecular weight is 524 g/mol. The van der Waals surface area contributed by atoms with Crippen molar-refractivity contribution in [3.63, 3.8) is 0 Å². The Morgan fingerprint density at radius 2 is 1.74 bits per heavy atom. The first-order valence-corrected chi connectivity index (χ1v) is 13.9. The number of benzene rings is 2. The molecule has 0 atom stereocenters. The molecule has 35 heavy (non-hydrogen) atoms. The summed E-state index contributed by atoms with van der Waals surface area (Å²) >= 11 is 9.43. The van der Waals surface area contributed by atoms with Gasteiger partial charge in [-0.15, -0.1) is 21.5 Å². The van der Waals surface area contributed by atoms with E-state index in [0.29, 0.717) is 6.42 Å². The molecule has 0 radical (unpaired) electrons. The molecule has 1 fully saturated rings. The number of hydrogen-bond donors (Lipinski definition) is 0. The number of thiophene rings is 1. The molecule has 0 N–H and O–H groups in total. The lowest BCUT2D eigenvalue weighted by atomic mass is 10.2. The standard InChI is InChI=1S/C26H26ClN5OS2/c27-20-7-4-10-22(19-20)30-13-15-31(16-14-30)24(33)12-6-18-35-26-29-28-25(23-11-5-17-34-23)32(26)21-8-2-1-3-9-21/h1-5,7-11,17,19H,6,12-16,18H2. The fraction of sp³-hybridized carbons (Fsp3) is 0.269. The van der Waals surface area contributed by atoms with Gasteiger partial charge in [0.1, 0.15) is 0 Å². The molecule has 2 aromatic carbocycles. The molecule has 2 aromatic heterocycles. The van der Waals surface area contributed by atoms with Gasteiger partial charge in [-0.3, -0.25) is 9.36 Å². The van der Waals surface area contributed by atoms with Crippen molar-refractivity contribution in [3.8, 4) is 16.4 Å². The van der Waals surface area contributed by atoms with E-state index in [1.807, 2.05) is 52.7 Å². The fourth-order valence-corrected chi connectivity index (χ4v) is 5.94. The Labute approximate surface area is 218 Å². The first-order valence-electron chi connectivity index (χ1n) is 11.6. The smallest absolute Gasteiger partial charge is 0.222 e. The Morgan fingerprint density at radius 1 is 0.943 bits per heavy atom. The number of carbonyl (C=O) groups is 1. The van der Waals surface area contributed by atoms with Crippen LogP contribution in [0.2, 0.25) is 5.02 Å². The first kappa shape index (κ1) is 23.9. The van der Waals surface area contributed by atoms with E-state index in [4.69, 9.17) is 11.6 Å². The van der Waals surface area contributed by atoms with Crippen LogP contribution >= 0.6 is 34.7 Å². The lowest BCUT2D eigenvalue weighted by Crippen LogP contribution is -2.48. The van der Waals surface area contributed by atoms with Crippen LogP contribution in [0.3, 0.4) is 0 Å². The minimum absolute atomic E-state index is 0.222. The number of nitrogens with zero attached hydrogens (tertiary/aromatic N) is 5. The Bertz CT molecular complexity index is 1250. The molecular weight excluding hydrogens is 498 g/mol. The largest absolute Gasteiger partial charge is 0.368 e. The molecule has 1 amide bonds. The summed E-state index contributed by atoms with van der Waals surface area (Å²) in [6.07, 6.45) is 1.34. The van der Waals surface area contributed by atoms with Crippen LogP contribution in [0, 0.1) is 0 Å². The highest BCUT2D eigenvalue weighted by Gasteiger charge is 2.21. The highest BCUT2D eigenvalue weighted by molar-refractivity contribution is 7.99. The van der Waals surface area contributed by atoms with Gasteiger partial charge in [-0.25, -0.2) is 0 Å². The second kappa shape index (κ2) is 11.3. The van der Waals surface area contributed by atoms with Gasteiger partial charge < -0.3 is 9.80 Å². The van der Waals surface area contributed by atoms with Gasteiger partial charge in [-0.1, -0.05) is 53.7 Å². The van der Waals surface area contributed by atoms with Crippen LogP contribution in [-0.4, -0.2) is 57.5 Å². The molecule has 3 heterocycles. The zero-order chi connectivity index (χ0) is 24.0. The molecule has 9 heteroatoms. The normalized spacial score (nSPS) is 13.9. The van der Waals surface area contributed by atoms with Crippen LogP contribution in [0.5, 0.6) is 0 Å². The van der Waals surface area contributed by atoms with Crippen molar-refractivity contribution in [2.45, 2.75) is 18.0 Å². The highest BCUT2D eigenvalue weighted by atomic mass is 35.5. The predicted octanol–water partition coefficient (Wildman–Crippen LogP) is 5.87. The number of halogens is 1. The van der Waals surface area contributed by atoms with E-state index in [2.05, 4.69) is 43.9 Å². The van der Waals surface area contributed by atoms with Crippen LogP contribution in [0.4, 0.5) is 5.69 Å². The third-order valence-electron chi connectivity index (χ3n) is 5.96. The second-order valence-corrected chi connectivity index (χ2v) is 10.7. The lowest BCUT2D eigenvalue weighted by molar-refractivity contribution is -0.131. The van der Waals surface area contributed by atoms with Crippen molar-refractivity contribution in [2.75, 3.05) is 36.8 Å². The van der Waals surface area contributed by atoms with Gasteiger partial charge in [-0.2, -0.15) is 0 Å². The monoisotopic (exact) mass is 523 g/mol. The number of anilines is 1. The molecule has 180 valence electrons. The molecule has 1 saturated heterocycles. The van der Waals surface area contributed by atoms with E-state index >= 15 is 0 Å². The Morgan fingerprint density at radius 3 is 2.49 bits per heavy atom. The molecule has 0 saturated carbocycles. The van der Waals surface area contributed by atoms with E-state index in [0.717, 1.165) is 70.6 Å². The number of thioether (sulfide) groups is 1. The summed E-state index contributed by atoms with van der Waals surface area (Å²) in [5.74, 6) is 1.88. The molecule has 5 rings (SSSR count). The third kappa shape index (κ3) is 5.72. The summed E-state index contributed by atoms with van der Waals surface area (Å²) in [7, 11) is 0. The van der Waals surface area contributed by atoms with Crippen LogP contribution in [0.25, 0.3) is 16.4 Å². The summed E-state index contributed by atoms with van der Waals surface area (Å²) in [6, 6.07) is 22.2. The Kier molecular flexibility index (Phi) is 7.71. The Hall–Kier alpha value is -2.81. The van der Waals surface area contributed by atoms with Gasteiger partial charge >= 0.3 is 0 Å². The van der Waals surface area contributed by atoms with Crippen molar-refractivity contribution in [1.82, 2.24) is 19.7 Å². The van der Waals surface area contributed by atoms with E-state index in [9.17, 15) is 4.79 Å². The predicted molar refractivity (Wildman–Crippen MR) is 145 cm³/mol. The van der Waals surface area contributed by atoms with Crippen LogP contribution < -0.4 is 4.90 Å². The third-order valence-corrected chi connectivity index (χ3v) is 8.08. The molecule has 1 aliphatic rings. The maximum Gasteiger partial charge on any atom is 0.222 e. The van der Waals surface area contributed by atoms with Crippen molar-refractivity contribution < 1.29 is 4.79 Å². The molecule has 0 unspecified atom stereocenters. The Balaban J connectivity index is 1.15.